The standard InChI is InChI=1S/C12H11ClFN3/c13-9-3-1-4-10(14)8(9)7-16-12-6-2-5-11(15)17-12/h1-6H,7H2,(H3,15,16,17). The molecule has 3 nitrogen and oxygen atoms in total. The van der Waals surface area contributed by atoms with Crippen molar-refractivity contribution in [3.05, 3.63) is 52.8 Å². The fraction of sp³-hybridized carbons (Fsp3) is 0.0833. The topological polar surface area (TPSA) is 50.9 Å². The maximum atomic E-state index is 13.5. The number of hydrogen-bond acceptors (Lipinski definition) is 3. The van der Waals surface area contributed by atoms with E-state index in [0.29, 0.717) is 22.2 Å². The van der Waals surface area contributed by atoms with Gasteiger partial charge in [-0.15, -0.1) is 0 Å². The molecule has 3 N–H and O–H groups in total. The van der Waals surface area contributed by atoms with Gasteiger partial charge in [0.2, 0.25) is 0 Å². The van der Waals surface area contributed by atoms with Crippen molar-refractivity contribution in [3.8, 4) is 0 Å². The molecule has 0 amide bonds. The van der Waals surface area contributed by atoms with Gasteiger partial charge >= 0.3 is 0 Å². The van der Waals surface area contributed by atoms with E-state index in [4.69, 9.17) is 17.3 Å². The first-order valence-corrected chi connectivity index (χ1v) is 5.44. The van der Waals surface area contributed by atoms with E-state index in [2.05, 4.69) is 10.3 Å². The van der Waals surface area contributed by atoms with Gasteiger partial charge in [-0.2, -0.15) is 0 Å². The molecule has 0 unspecified atom stereocenters. The Morgan fingerprint density at radius 3 is 2.71 bits per heavy atom. The Morgan fingerprint density at radius 2 is 2.00 bits per heavy atom. The minimum absolute atomic E-state index is 0.266. The van der Waals surface area contributed by atoms with Gasteiger partial charge in [0.05, 0.1) is 0 Å². The number of nitrogens with one attached hydrogen (secondary N) is 1. The molecule has 0 saturated heterocycles. The second kappa shape index (κ2) is 5.01. The average molecular weight is 252 g/mol. The molecule has 1 aromatic carbocycles. The first-order chi connectivity index (χ1) is 8.16. The zero-order chi connectivity index (χ0) is 12.3. The minimum Gasteiger partial charge on any atom is -0.384 e. The Bertz CT molecular complexity index is 511. The van der Waals surface area contributed by atoms with E-state index in [1.165, 1.54) is 6.07 Å². The number of nitrogens with zero attached hydrogens (tertiary/aromatic N) is 1. The summed E-state index contributed by atoms with van der Waals surface area (Å²) in [5.74, 6) is 0.660. The molecule has 0 aliphatic heterocycles. The zero-order valence-electron chi connectivity index (χ0n) is 8.95. The highest BCUT2D eigenvalue weighted by atomic mass is 35.5. The van der Waals surface area contributed by atoms with Crippen LogP contribution in [0.3, 0.4) is 0 Å². The predicted octanol–water partition coefficient (Wildman–Crippen LogP) is 3.07. The molecular formula is C12H11ClFN3. The quantitative estimate of drug-likeness (QED) is 0.882. The molecule has 0 radical (unpaired) electrons. The molecule has 88 valence electrons. The fourth-order valence-electron chi connectivity index (χ4n) is 1.43. The molecule has 1 aromatic heterocycles. The van der Waals surface area contributed by atoms with Crippen LogP contribution in [0, 0.1) is 5.82 Å². The first kappa shape index (κ1) is 11.7. The lowest BCUT2D eigenvalue weighted by Gasteiger charge is -2.08. The van der Waals surface area contributed by atoms with E-state index in [-0.39, 0.29) is 12.4 Å². The maximum absolute atomic E-state index is 13.5. The lowest BCUT2D eigenvalue weighted by molar-refractivity contribution is 0.613. The summed E-state index contributed by atoms with van der Waals surface area (Å²) in [4.78, 5) is 4.05. The van der Waals surface area contributed by atoms with Gasteiger partial charge in [0.25, 0.3) is 0 Å². The molecular weight excluding hydrogens is 241 g/mol. The van der Waals surface area contributed by atoms with Gasteiger partial charge in [-0.05, 0) is 24.3 Å². The van der Waals surface area contributed by atoms with Crippen molar-refractivity contribution in [1.29, 1.82) is 0 Å². The molecule has 0 fully saturated rings. The summed E-state index contributed by atoms with van der Waals surface area (Å²) in [5, 5.41) is 3.36. The maximum Gasteiger partial charge on any atom is 0.129 e. The van der Waals surface area contributed by atoms with Crippen LogP contribution in [0.1, 0.15) is 5.56 Å². The highest BCUT2D eigenvalue weighted by molar-refractivity contribution is 6.31. The smallest absolute Gasteiger partial charge is 0.129 e. The zero-order valence-corrected chi connectivity index (χ0v) is 9.71. The van der Waals surface area contributed by atoms with Crippen LogP contribution in [0.15, 0.2) is 36.4 Å². The minimum atomic E-state index is -0.339. The summed E-state index contributed by atoms with van der Waals surface area (Å²) in [6.45, 7) is 0.266. The summed E-state index contributed by atoms with van der Waals surface area (Å²) < 4.78 is 13.5. The van der Waals surface area contributed by atoms with Crippen LogP contribution in [-0.4, -0.2) is 4.98 Å². The molecule has 0 aliphatic carbocycles. The summed E-state index contributed by atoms with van der Waals surface area (Å²) in [7, 11) is 0. The molecule has 0 saturated carbocycles. The van der Waals surface area contributed by atoms with E-state index >= 15 is 0 Å². The highest BCUT2D eigenvalue weighted by Gasteiger charge is 2.06. The van der Waals surface area contributed by atoms with Crippen LogP contribution < -0.4 is 11.1 Å². The number of rotatable bonds is 3. The largest absolute Gasteiger partial charge is 0.384 e. The molecule has 2 rings (SSSR count). The Hall–Kier alpha value is -1.81. The molecule has 2 aromatic rings. The van der Waals surface area contributed by atoms with Gasteiger partial charge in [0.1, 0.15) is 17.5 Å². The molecule has 0 spiro atoms. The number of anilines is 2. The molecule has 17 heavy (non-hydrogen) atoms. The molecule has 0 bridgehead atoms. The summed E-state index contributed by atoms with van der Waals surface area (Å²) in [6, 6.07) is 9.80. The SMILES string of the molecule is Nc1cccc(NCc2c(F)cccc2Cl)n1. The number of nitrogens with two attached hydrogens (primary N) is 1. The Labute approximate surface area is 103 Å². The Kier molecular flexibility index (Phi) is 3.44. The van der Waals surface area contributed by atoms with E-state index < -0.39 is 0 Å². The number of benzene rings is 1. The summed E-state index contributed by atoms with van der Waals surface area (Å²) in [6.07, 6.45) is 0. The van der Waals surface area contributed by atoms with E-state index in [0.717, 1.165) is 0 Å². The third-order valence-corrected chi connectivity index (χ3v) is 2.63. The number of halogens is 2. The van der Waals surface area contributed by atoms with Gasteiger partial charge in [-0.1, -0.05) is 23.7 Å². The molecule has 1 heterocycles. The van der Waals surface area contributed by atoms with Crippen LogP contribution in [-0.2, 0) is 6.54 Å². The van der Waals surface area contributed by atoms with Gasteiger partial charge in [0, 0.05) is 17.1 Å². The van der Waals surface area contributed by atoms with Crippen molar-refractivity contribution in [1.82, 2.24) is 4.98 Å². The number of aromatic nitrogens is 1. The van der Waals surface area contributed by atoms with Crippen molar-refractivity contribution < 1.29 is 4.39 Å². The van der Waals surface area contributed by atoms with Crippen LogP contribution >= 0.6 is 11.6 Å². The third kappa shape index (κ3) is 2.85. The monoisotopic (exact) mass is 251 g/mol. The third-order valence-electron chi connectivity index (χ3n) is 2.28. The van der Waals surface area contributed by atoms with Gasteiger partial charge < -0.3 is 11.1 Å². The van der Waals surface area contributed by atoms with Crippen molar-refractivity contribution in [3.63, 3.8) is 0 Å². The Balaban J connectivity index is 2.13. The predicted molar refractivity (Wildman–Crippen MR) is 67.4 cm³/mol. The number of hydrogen-bond donors (Lipinski definition) is 2. The van der Waals surface area contributed by atoms with Crippen molar-refractivity contribution in [2.24, 2.45) is 0 Å². The number of nitrogen functional groups attached to an aromatic ring is 1. The molecule has 0 aliphatic rings. The first-order valence-electron chi connectivity index (χ1n) is 5.06. The fourth-order valence-corrected chi connectivity index (χ4v) is 1.66. The lowest BCUT2D eigenvalue weighted by atomic mass is 10.2. The normalized spacial score (nSPS) is 10.2. The highest BCUT2D eigenvalue weighted by Crippen LogP contribution is 2.20. The van der Waals surface area contributed by atoms with E-state index in [1.807, 2.05) is 0 Å². The van der Waals surface area contributed by atoms with Crippen LogP contribution in [0.5, 0.6) is 0 Å². The van der Waals surface area contributed by atoms with Gasteiger partial charge in [-0.3, -0.25) is 0 Å². The number of pyridine rings is 1. The van der Waals surface area contributed by atoms with Crippen molar-refractivity contribution in [2.75, 3.05) is 11.1 Å². The summed E-state index contributed by atoms with van der Waals surface area (Å²) >= 11 is 5.90. The van der Waals surface area contributed by atoms with Crippen LogP contribution in [0.2, 0.25) is 5.02 Å². The van der Waals surface area contributed by atoms with Gasteiger partial charge in [0.15, 0.2) is 0 Å². The van der Waals surface area contributed by atoms with Gasteiger partial charge in [-0.25, -0.2) is 9.37 Å². The molecule has 0 atom stereocenters. The van der Waals surface area contributed by atoms with Crippen molar-refractivity contribution in [2.45, 2.75) is 6.54 Å². The van der Waals surface area contributed by atoms with Crippen LogP contribution in [0.4, 0.5) is 16.0 Å². The van der Waals surface area contributed by atoms with E-state index in [1.54, 1.807) is 30.3 Å². The summed E-state index contributed by atoms with van der Waals surface area (Å²) in [5.41, 5.74) is 5.95. The average Bonchev–Trinajstić information content (AvgIpc) is 2.28. The second-order valence-electron chi connectivity index (χ2n) is 3.50. The molecule has 5 heteroatoms. The Morgan fingerprint density at radius 1 is 1.24 bits per heavy atom. The van der Waals surface area contributed by atoms with Crippen molar-refractivity contribution >= 4 is 23.2 Å². The van der Waals surface area contributed by atoms with E-state index in [9.17, 15) is 4.39 Å². The van der Waals surface area contributed by atoms with Crippen LogP contribution in [0.25, 0.3) is 0 Å². The lowest BCUT2D eigenvalue weighted by Crippen LogP contribution is -2.04. The second-order valence-corrected chi connectivity index (χ2v) is 3.91.